The van der Waals surface area contributed by atoms with Gasteiger partial charge in [-0.3, -0.25) is 35.9 Å². The quantitative estimate of drug-likeness (QED) is 0.0168. The molecule has 90 heavy (non-hydrogen) atoms. The topological polar surface area (TPSA) is 552 Å². The zero-order chi connectivity index (χ0) is 66.3. The van der Waals surface area contributed by atoms with Crippen molar-refractivity contribution in [2.45, 2.75) is 56.6 Å². The maximum absolute atomic E-state index is 13.2. The Kier molecular flexibility index (Phi) is 17.1. The van der Waals surface area contributed by atoms with Gasteiger partial charge in [0.2, 0.25) is 5.88 Å². The normalized spacial score (nSPS) is 13.4. The third-order valence-corrected chi connectivity index (χ3v) is 19.2. The number of nitrogens with zero attached hydrogens (tertiary/aromatic N) is 9. The Bertz CT molecular complexity index is 5560. The Morgan fingerprint density at radius 3 is 1.87 bits per heavy atom. The van der Waals surface area contributed by atoms with Crippen LogP contribution >= 0.6 is 0 Å². The van der Waals surface area contributed by atoms with Gasteiger partial charge in [0.25, 0.3) is 60.7 Å². The van der Waals surface area contributed by atoms with Crippen LogP contribution < -0.4 is 4.74 Å². The number of aryl methyl sites for hydroxylation is 2. The third kappa shape index (κ3) is 12.9. The van der Waals surface area contributed by atoms with Crippen LogP contribution in [0.2, 0.25) is 0 Å². The van der Waals surface area contributed by atoms with Crippen molar-refractivity contribution < 1.29 is 107 Å². The molecule has 0 saturated heterocycles. The average molecular weight is 1370 g/mol. The summed E-state index contributed by atoms with van der Waals surface area (Å²) in [6.45, 7) is 3.48. The minimum Gasteiger partial charge on any atom is -0.768 e. The number of aromatic hydroxyl groups is 3. The zero-order valence-corrected chi connectivity index (χ0v) is 51.0. The Balaban J connectivity index is 1.18. The number of rotatable bonds is 18. The molecule has 0 aliphatic carbocycles. The number of hydrogen-bond acceptors (Lipinski definition) is 26. The predicted octanol–water partition coefficient (Wildman–Crippen LogP) is 8.75. The second kappa shape index (κ2) is 23.5. The van der Waals surface area contributed by atoms with Gasteiger partial charge in [-0.05, 0) is 116 Å². The first kappa shape index (κ1) is 65.5. The Morgan fingerprint density at radius 1 is 0.622 bits per heavy atom. The lowest BCUT2D eigenvalue weighted by Gasteiger charge is -2.18. The Labute approximate surface area is 509 Å². The standard InChI is InChI=1S/C50H39N9O24S7/c1-22-5-10-39(84(63)64)30(13-22)43-40(88(74,75)76)16-25-15-27(87(71,72)73)18-36(42(25)47(43)61)56-54-33-20-38(83-11-4-12-85(65,66)67)35(14-23(33)2)55-58-45-41(89(77,78)79)19-29-28(46(45)60)7-8-32(48(29)90(80,81)82)53-57-44-24(3)31(21-51)49-52-34-17-26(86(68,69)70)6-9-37(34)59(49)50(44)62/h5-10,13-20,60-62H,4,11-12H2,1-3H3,(H,63,64)(H,65,66,67)(H,68,69,70)(H,71,72,73)(H,74,75,76)(H,77,78,79)(H,80,81,82)/p-1. The minimum atomic E-state index is -5.65. The molecule has 0 aliphatic heterocycles. The molecule has 0 radical (unpaired) electrons. The molecular weight excluding hydrogens is 1340 g/mol. The van der Waals surface area contributed by atoms with Gasteiger partial charge < -0.3 is 24.6 Å². The lowest BCUT2D eigenvalue weighted by atomic mass is 9.97. The first-order valence-corrected chi connectivity index (χ1v) is 34.4. The maximum Gasteiger partial charge on any atom is 0.297 e. The zero-order valence-electron chi connectivity index (χ0n) is 45.2. The number of aromatic nitrogens is 2. The molecule has 1 unspecified atom stereocenters. The SMILES string of the molecule is Cc1ccc(S(=O)[O-])c(-c2c(S(=O)(=O)O)cc3cc(S(=O)(=O)O)cc(N=Nc4cc(OCCCS(=O)(=O)O)c(N=Nc5c(S(=O)(=O)O)cc6c(S(=O)(=O)O)c(N=Nc7c(C)c(C#N)c8nc9cc(S(=O)(=O)O)ccc9n8c7O)ccc6c5O)cc4C)c3c2O)c1. The van der Waals surface area contributed by atoms with Crippen molar-refractivity contribution in [2.75, 3.05) is 12.4 Å². The van der Waals surface area contributed by atoms with Crippen molar-refractivity contribution in [3.8, 4) is 40.3 Å². The van der Waals surface area contributed by atoms with Crippen LogP contribution in [-0.2, 0) is 71.8 Å². The number of ether oxygens (including phenoxy) is 1. The van der Waals surface area contributed by atoms with Gasteiger partial charge in [-0.15, -0.1) is 25.6 Å². The number of hydrogen-bond donors (Lipinski definition) is 9. The summed E-state index contributed by atoms with van der Waals surface area (Å²) in [5, 5.41) is 66.4. The lowest BCUT2D eigenvalue weighted by molar-refractivity contribution is 0.317. The summed E-state index contributed by atoms with van der Waals surface area (Å²) >= 11 is -3.11. The number of imidazole rings is 1. The second-order valence-electron chi connectivity index (χ2n) is 19.2. The molecule has 0 spiro atoms. The molecule has 2 heterocycles. The molecular formula is C50H38N9O24S7-. The fourth-order valence-corrected chi connectivity index (χ4v) is 13.5. The highest BCUT2D eigenvalue weighted by atomic mass is 32.2. The summed E-state index contributed by atoms with van der Waals surface area (Å²) in [7, 11) is -31.2. The van der Waals surface area contributed by atoms with Gasteiger partial charge in [-0.25, -0.2) is 4.98 Å². The van der Waals surface area contributed by atoms with Crippen LogP contribution in [-0.4, -0.2) is 124 Å². The molecule has 1 atom stereocenters. The van der Waals surface area contributed by atoms with E-state index in [0.717, 1.165) is 59.0 Å². The van der Waals surface area contributed by atoms with Gasteiger partial charge in [-0.2, -0.15) is 60.9 Å². The molecule has 0 fully saturated rings. The molecule has 40 heteroatoms. The van der Waals surface area contributed by atoms with E-state index in [1.165, 1.54) is 26.8 Å². The van der Waals surface area contributed by atoms with E-state index in [1.807, 2.05) is 6.07 Å². The summed E-state index contributed by atoms with van der Waals surface area (Å²) < 4.78 is 243. The lowest BCUT2D eigenvalue weighted by Crippen LogP contribution is -2.08. The summed E-state index contributed by atoms with van der Waals surface area (Å²) in [5.74, 6) is -4.48. The highest BCUT2D eigenvalue weighted by Crippen LogP contribution is 2.50. The van der Waals surface area contributed by atoms with Gasteiger partial charge in [-0.1, -0.05) is 17.7 Å². The van der Waals surface area contributed by atoms with Crippen LogP contribution in [0.5, 0.6) is 23.1 Å². The van der Waals surface area contributed by atoms with Crippen LogP contribution in [0.3, 0.4) is 0 Å². The first-order valence-electron chi connectivity index (χ1n) is 24.5. The number of azo groups is 3. The van der Waals surface area contributed by atoms with Gasteiger partial charge in [0, 0.05) is 38.4 Å². The smallest absolute Gasteiger partial charge is 0.297 e. The average Bonchev–Trinajstić information content (AvgIpc) is 1.15. The van der Waals surface area contributed by atoms with E-state index in [9.17, 15) is 107 Å². The fraction of sp³-hybridized carbons (Fsp3) is 0.120. The van der Waals surface area contributed by atoms with Gasteiger partial charge in [0.15, 0.2) is 17.1 Å². The van der Waals surface area contributed by atoms with E-state index < -0.39 is 204 Å². The van der Waals surface area contributed by atoms with Crippen LogP contribution in [0.4, 0.5) is 34.1 Å². The van der Waals surface area contributed by atoms with E-state index in [2.05, 4.69) is 35.7 Å². The summed E-state index contributed by atoms with van der Waals surface area (Å²) in [5.41, 5.74) is -5.60. The largest absolute Gasteiger partial charge is 0.768 e. The van der Waals surface area contributed by atoms with Gasteiger partial charge in [0.1, 0.15) is 54.9 Å². The molecule has 9 aromatic rings. The molecule has 9 N–H and O–H groups in total. The Hall–Kier alpha value is -8.93. The molecule has 2 aromatic heterocycles. The molecule has 0 amide bonds. The number of benzene rings is 7. The molecule has 33 nitrogen and oxygen atoms in total. The summed E-state index contributed by atoms with van der Waals surface area (Å²) in [6.07, 6.45) is -0.429. The third-order valence-electron chi connectivity index (χ3n) is 13.3. The molecule has 9 rings (SSSR count). The molecule has 0 bridgehead atoms. The summed E-state index contributed by atoms with van der Waals surface area (Å²) in [6, 6.07) is 14.7. The minimum absolute atomic E-state index is 0.00808. The predicted molar refractivity (Wildman–Crippen MR) is 312 cm³/mol. The number of fused-ring (bicyclic) bond motifs is 5. The molecule has 7 aromatic carbocycles. The number of phenolic OH excluding ortho intramolecular Hbond substituents is 2. The van der Waals surface area contributed by atoms with E-state index in [-0.39, 0.29) is 39.1 Å². The van der Waals surface area contributed by atoms with Crippen LogP contribution in [0.1, 0.15) is 28.7 Å². The van der Waals surface area contributed by atoms with Crippen LogP contribution in [0.25, 0.3) is 49.4 Å². The van der Waals surface area contributed by atoms with E-state index in [0.29, 0.717) is 29.8 Å². The highest BCUT2D eigenvalue weighted by Gasteiger charge is 2.31. The van der Waals surface area contributed by atoms with Crippen molar-refractivity contribution in [1.29, 1.82) is 5.26 Å². The van der Waals surface area contributed by atoms with Crippen molar-refractivity contribution in [1.82, 2.24) is 9.38 Å². The molecule has 470 valence electrons. The second-order valence-corrected chi connectivity index (χ2v) is 28.7. The van der Waals surface area contributed by atoms with Gasteiger partial charge in [0.05, 0.1) is 49.9 Å². The van der Waals surface area contributed by atoms with E-state index >= 15 is 0 Å². The maximum atomic E-state index is 13.2. The number of pyridine rings is 1. The van der Waals surface area contributed by atoms with E-state index in [1.54, 1.807) is 0 Å². The van der Waals surface area contributed by atoms with E-state index in [4.69, 9.17) is 4.74 Å². The fourth-order valence-electron chi connectivity index (χ4n) is 9.27. The van der Waals surface area contributed by atoms with Gasteiger partial charge >= 0.3 is 0 Å². The van der Waals surface area contributed by atoms with Crippen molar-refractivity contribution in [3.05, 3.63) is 107 Å². The monoisotopic (exact) mass is 1370 g/mol. The van der Waals surface area contributed by atoms with Crippen molar-refractivity contribution >= 4 is 144 Å². The van der Waals surface area contributed by atoms with Crippen molar-refractivity contribution in [2.24, 2.45) is 30.7 Å². The molecule has 0 saturated carbocycles. The number of phenols is 2. The summed E-state index contributed by atoms with van der Waals surface area (Å²) in [4.78, 5) is -1.71. The highest BCUT2D eigenvalue weighted by molar-refractivity contribution is 7.87. The molecule has 0 aliphatic rings. The van der Waals surface area contributed by atoms with Crippen LogP contribution in [0, 0.1) is 32.1 Å². The number of nitriles is 1. The Morgan fingerprint density at radius 2 is 1.26 bits per heavy atom. The van der Waals surface area contributed by atoms with Crippen LogP contribution in [0.15, 0.2) is 145 Å². The first-order chi connectivity index (χ1) is 41.7. The van der Waals surface area contributed by atoms with Crippen molar-refractivity contribution in [3.63, 3.8) is 0 Å².